The molecule has 1 aliphatic rings. The number of benzene rings is 1. The number of aromatic nitrogens is 2. The third-order valence-electron chi connectivity index (χ3n) is 5.62. The van der Waals surface area contributed by atoms with E-state index in [9.17, 15) is 18.0 Å². The number of nitrogens with zero attached hydrogens (tertiary/aromatic N) is 4. The van der Waals surface area contributed by atoms with Crippen molar-refractivity contribution in [1.82, 2.24) is 14.9 Å². The van der Waals surface area contributed by atoms with Crippen LogP contribution in [0.15, 0.2) is 59.3 Å². The number of piperidine rings is 1. The van der Waals surface area contributed by atoms with E-state index in [0.717, 1.165) is 12.1 Å². The number of hydrogen-bond donors (Lipinski definition) is 1. The highest BCUT2D eigenvalue weighted by molar-refractivity contribution is 5.89. The van der Waals surface area contributed by atoms with Crippen molar-refractivity contribution in [3.05, 3.63) is 66.2 Å². The van der Waals surface area contributed by atoms with Crippen LogP contribution in [0.25, 0.3) is 0 Å². The van der Waals surface area contributed by atoms with Crippen molar-refractivity contribution in [2.45, 2.75) is 31.6 Å². The highest BCUT2D eigenvalue weighted by Crippen LogP contribution is 2.31. The van der Waals surface area contributed by atoms with Crippen LogP contribution in [-0.4, -0.2) is 47.1 Å². The van der Waals surface area contributed by atoms with Gasteiger partial charge in [-0.2, -0.15) is 18.2 Å². The van der Waals surface area contributed by atoms with E-state index in [1.165, 1.54) is 25.5 Å². The number of carbonyl (C=O) groups is 1. The molecule has 0 spiro atoms. The summed E-state index contributed by atoms with van der Waals surface area (Å²) in [6.07, 6.45) is -0.113. The predicted molar refractivity (Wildman–Crippen MR) is 119 cm³/mol. The smallest absolute Gasteiger partial charge is 0.416 e. The van der Waals surface area contributed by atoms with Gasteiger partial charge in [0.25, 0.3) is 0 Å². The zero-order valence-corrected chi connectivity index (χ0v) is 18.5. The highest BCUT2D eigenvalue weighted by atomic mass is 19.4. The molecule has 3 heterocycles. The van der Waals surface area contributed by atoms with Crippen molar-refractivity contribution in [1.29, 1.82) is 0 Å². The van der Waals surface area contributed by atoms with Crippen LogP contribution in [0, 0.1) is 0 Å². The number of rotatable bonds is 6. The molecule has 1 fully saturated rings. The number of nitrogens with one attached hydrogen (secondary N) is 1. The minimum absolute atomic E-state index is 0.0755. The van der Waals surface area contributed by atoms with Crippen molar-refractivity contribution in [2.75, 3.05) is 30.4 Å². The predicted octanol–water partition coefficient (Wildman–Crippen LogP) is 4.80. The number of ether oxygens (including phenoxy) is 1. The molecule has 1 aromatic carbocycles. The fourth-order valence-electron chi connectivity index (χ4n) is 3.88. The summed E-state index contributed by atoms with van der Waals surface area (Å²) in [6.45, 7) is 1.39. The van der Waals surface area contributed by atoms with Crippen LogP contribution >= 0.6 is 0 Å². The first-order valence-electron chi connectivity index (χ1n) is 10.7. The van der Waals surface area contributed by atoms with Gasteiger partial charge in [-0.05, 0) is 43.2 Å². The Labute approximate surface area is 194 Å². The van der Waals surface area contributed by atoms with Gasteiger partial charge >= 0.3 is 12.2 Å². The molecule has 8 nitrogen and oxygen atoms in total. The molecule has 0 saturated carbocycles. The van der Waals surface area contributed by atoms with Crippen molar-refractivity contribution in [3.63, 3.8) is 0 Å². The van der Waals surface area contributed by atoms with Crippen LogP contribution in [0.3, 0.4) is 0 Å². The molecule has 0 unspecified atom stereocenters. The van der Waals surface area contributed by atoms with Gasteiger partial charge in [0.15, 0.2) is 0 Å². The van der Waals surface area contributed by atoms with Crippen molar-refractivity contribution in [2.24, 2.45) is 0 Å². The van der Waals surface area contributed by atoms with Crippen LogP contribution in [0.4, 0.5) is 29.6 Å². The number of anilines is 2. The van der Waals surface area contributed by atoms with Crippen LogP contribution in [0.2, 0.25) is 0 Å². The number of halogens is 3. The summed E-state index contributed by atoms with van der Waals surface area (Å²) < 4.78 is 49.8. The van der Waals surface area contributed by atoms with E-state index in [2.05, 4.69) is 15.3 Å². The molecule has 0 atom stereocenters. The molecule has 0 aliphatic carbocycles. The number of alkyl halides is 3. The zero-order valence-electron chi connectivity index (χ0n) is 18.5. The lowest BCUT2D eigenvalue weighted by Crippen LogP contribution is -2.48. The van der Waals surface area contributed by atoms with E-state index >= 15 is 0 Å². The molecular weight excluding hydrogens is 451 g/mol. The third kappa shape index (κ3) is 5.59. The highest BCUT2D eigenvalue weighted by Gasteiger charge is 2.32. The number of amides is 2. The van der Waals surface area contributed by atoms with Gasteiger partial charge in [0, 0.05) is 37.1 Å². The maximum atomic E-state index is 13.2. The number of methoxy groups -OCH3 is 1. The maximum Gasteiger partial charge on any atom is 0.416 e. The standard InChI is InChI=1S/C23H24F3N5O3/c1-33-20-7-10-27-21(29-20)30-11-8-18(9-12-30)31(15-19-6-3-13-34-19)22(32)28-17-5-2-4-16(14-17)23(24,25)26/h2-7,10,13-14,18H,8-9,11-12,15H2,1H3,(H,28,32). The third-order valence-corrected chi connectivity index (χ3v) is 5.62. The monoisotopic (exact) mass is 475 g/mol. The summed E-state index contributed by atoms with van der Waals surface area (Å²) in [7, 11) is 1.54. The fourth-order valence-corrected chi connectivity index (χ4v) is 3.88. The quantitative estimate of drug-likeness (QED) is 0.552. The summed E-state index contributed by atoms with van der Waals surface area (Å²) in [6, 6.07) is 9.08. The maximum absolute atomic E-state index is 13.2. The zero-order chi connectivity index (χ0) is 24.1. The average Bonchev–Trinajstić information content (AvgIpc) is 3.36. The van der Waals surface area contributed by atoms with Gasteiger partial charge in [0.2, 0.25) is 11.8 Å². The topological polar surface area (TPSA) is 83.7 Å². The summed E-state index contributed by atoms with van der Waals surface area (Å²) >= 11 is 0. The van der Waals surface area contributed by atoms with Crippen molar-refractivity contribution in [3.8, 4) is 5.88 Å². The van der Waals surface area contributed by atoms with Gasteiger partial charge in [0.05, 0.1) is 25.5 Å². The summed E-state index contributed by atoms with van der Waals surface area (Å²) in [5, 5.41) is 2.61. The molecule has 2 amide bonds. The van der Waals surface area contributed by atoms with Crippen LogP contribution in [-0.2, 0) is 12.7 Å². The first-order chi connectivity index (χ1) is 16.3. The SMILES string of the molecule is COc1ccnc(N2CCC(N(Cc3ccco3)C(=O)Nc3cccc(C(F)(F)F)c3)CC2)n1. The Morgan fingerprint density at radius 3 is 2.71 bits per heavy atom. The first-order valence-corrected chi connectivity index (χ1v) is 10.7. The first kappa shape index (κ1) is 23.4. The van der Waals surface area contributed by atoms with Gasteiger partial charge in [0.1, 0.15) is 5.76 Å². The molecule has 34 heavy (non-hydrogen) atoms. The second-order valence-electron chi connectivity index (χ2n) is 7.83. The number of furan rings is 1. The Balaban J connectivity index is 1.47. The minimum Gasteiger partial charge on any atom is -0.481 e. The van der Waals surface area contributed by atoms with Gasteiger partial charge in [-0.15, -0.1) is 0 Å². The number of hydrogen-bond acceptors (Lipinski definition) is 6. The molecule has 1 saturated heterocycles. The Hall–Kier alpha value is -3.76. The fraction of sp³-hybridized carbons (Fsp3) is 0.348. The molecule has 11 heteroatoms. The Morgan fingerprint density at radius 2 is 2.03 bits per heavy atom. The van der Waals surface area contributed by atoms with Crippen LogP contribution in [0.5, 0.6) is 5.88 Å². The summed E-state index contributed by atoms with van der Waals surface area (Å²) in [5.74, 6) is 1.59. The molecular formula is C23H24F3N5O3. The molecule has 3 aromatic rings. The molecule has 2 aromatic heterocycles. The van der Waals surface area contributed by atoms with E-state index in [0.29, 0.717) is 43.5 Å². The van der Waals surface area contributed by atoms with E-state index in [4.69, 9.17) is 9.15 Å². The second kappa shape index (κ2) is 10.0. The Morgan fingerprint density at radius 1 is 1.24 bits per heavy atom. The van der Waals surface area contributed by atoms with Crippen molar-refractivity contribution >= 4 is 17.7 Å². The van der Waals surface area contributed by atoms with E-state index < -0.39 is 17.8 Å². The normalized spacial score (nSPS) is 14.6. The summed E-state index contributed by atoms with van der Waals surface area (Å²) in [4.78, 5) is 25.4. The van der Waals surface area contributed by atoms with E-state index in [1.807, 2.05) is 4.90 Å². The van der Waals surface area contributed by atoms with Gasteiger partial charge in [-0.25, -0.2) is 9.78 Å². The lowest BCUT2D eigenvalue weighted by molar-refractivity contribution is -0.137. The molecule has 4 rings (SSSR count). The molecule has 180 valence electrons. The van der Waals surface area contributed by atoms with Crippen LogP contribution in [0.1, 0.15) is 24.2 Å². The lowest BCUT2D eigenvalue weighted by atomic mass is 10.0. The molecule has 0 radical (unpaired) electrons. The molecule has 0 bridgehead atoms. The lowest BCUT2D eigenvalue weighted by Gasteiger charge is -2.38. The number of carbonyl (C=O) groups excluding carboxylic acids is 1. The van der Waals surface area contributed by atoms with Crippen LogP contribution < -0.4 is 15.0 Å². The Kier molecular flexibility index (Phi) is 6.90. The number of urea groups is 1. The minimum atomic E-state index is -4.50. The van der Waals surface area contributed by atoms with Gasteiger partial charge in [-0.3, -0.25) is 0 Å². The van der Waals surface area contributed by atoms with E-state index in [-0.39, 0.29) is 18.3 Å². The van der Waals surface area contributed by atoms with Gasteiger partial charge in [-0.1, -0.05) is 6.07 Å². The van der Waals surface area contributed by atoms with Crippen molar-refractivity contribution < 1.29 is 27.1 Å². The molecule has 1 aliphatic heterocycles. The van der Waals surface area contributed by atoms with E-state index in [1.54, 1.807) is 29.3 Å². The average molecular weight is 475 g/mol. The largest absolute Gasteiger partial charge is 0.481 e. The Bertz CT molecular complexity index is 1100. The molecule has 1 N–H and O–H groups in total. The second-order valence-corrected chi connectivity index (χ2v) is 7.83. The summed E-state index contributed by atoms with van der Waals surface area (Å²) in [5.41, 5.74) is -0.749. The van der Waals surface area contributed by atoms with Gasteiger partial charge < -0.3 is 24.3 Å².